The molecule has 0 aromatic carbocycles. The standard InChI is InChI=1S/C11H16N4S/c1-3-11(2,10-13-4-5-16-10)15-7-9-6-12-8-14-9/h4-6,8,15H,3,7H2,1-2H3,(H,12,14). The summed E-state index contributed by atoms with van der Waals surface area (Å²) in [6.07, 6.45) is 6.40. The van der Waals surface area contributed by atoms with Crippen LogP contribution in [0.2, 0.25) is 0 Å². The van der Waals surface area contributed by atoms with Gasteiger partial charge in [-0.25, -0.2) is 9.97 Å². The van der Waals surface area contributed by atoms with Crippen molar-refractivity contribution in [3.05, 3.63) is 34.8 Å². The van der Waals surface area contributed by atoms with Crippen molar-refractivity contribution in [1.82, 2.24) is 20.3 Å². The van der Waals surface area contributed by atoms with Crippen LogP contribution in [0.15, 0.2) is 24.1 Å². The molecule has 0 amide bonds. The molecule has 2 aromatic rings. The highest BCUT2D eigenvalue weighted by molar-refractivity contribution is 7.09. The molecule has 4 nitrogen and oxygen atoms in total. The Kier molecular flexibility index (Phi) is 3.36. The van der Waals surface area contributed by atoms with Gasteiger partial charge in [-0.3, -0.25) is 5.32 Å². The van der Waals surface area contributed by atoms with Crippen LogP contribution in [0.3, 0.4) is 0 Å². The minimum absolute atomic E-state index is 0.0563. The molecule has 0 spiro atoms. The van der Waals surface area contributed by atoms with E-state index in [0.717, 1.165) is 23.7 Å². The monoisotopic (exact) mass is 236 g/mol. The molecular formula is C11H16N4S. The maximum Gasteiger partial charge on any atom is 0.112 e. The molecule has 2 aromatic heterocycles. The minimum atomic E-state index is -0.0563. The van der Waals surface area contributed by atoms with Crippen LogP contribution < -0.4 is 5.32 Å². The Balaban J connectivity index is 2.05. The van der Waals surface area contributed by atoms with Gasteiger partial charge in [-0.05, 0) is 13.3 Å². The molecule has 1 unspecified atom stereocenters. The number of imidazole rings is 1. The third-order valence-corrected chi connectivity index (χ3v) is 3.87. The van der Waals surface area contributed by atoms with Crippen LogP contribution >= 0.6 is 11.3 Å². The average Bonchev–Trinajstić information content (AvgIpc) is 2.98. The first-order valence-electron chi connectivity index (χ1n) is 5.37. The van der Waals surface area contributed by atoms with Crippen LogP contribution in [-0.4, -0.2) is 15.0 Å². The molecule has 16 heavy (non-hydrogen) atoms. The summed E-state index contributed by atoms with van der Waals surface area (Å²) in [5.41, 5.74) is 1.04. The van der Waals surface area contributed by atoms with Gasteiger partial charge in [0.2, 0.25) is 0 Å². The summed E-state index contributed by atoms with van der Waals surface area (Å²) in [6.45, 7) is 5.13. The first-order chi connectivity index (χ1) is 7.74. The van der Waals surface area contributed by atoms with Crippen LogP contribution in [-0.2, 0) is 12.1 Å². The molecule has 0 radical (unpaired) electrons. The quantitative estimate of drug-likeness (QED) is 0.837. The van der Waals surface area contributed by atoms with Crippen LogP contribution in [0.5, 0.6) is 0 Å². The van der Waals surface area contributed by atoms with Crippen LogP contribution in [0.4, 0.5) is 0 Å². The zero-order valence-corrected chi connectivity index (χ0v) is 10.3. The normalized spacial score (nSPS) is 14.9. The first kappa shape index (κ1) is 11.3. The Bertz CT molecular complexity index is 409. The van der Waals surface area contributed by atoms with Gasteiger partial charge in [-0.15, -0.1) is 11.3 Å². The van der Waals surface area contributed by atoms with Gasteiger partial charge < -0.3 is 4.98 Å². The largest absolute Gasteiger partial charge is 0.347 e. The molecule has 0 aliphatic rings. The maximum absolute atomic E-state index is 4.39. The van der Waals surface area contributed by atoms with Gasteiger partial charge in [0.1, 0.15) is 5.01 Å². The molecule has 0 fully saturated rings. The van der Waals surface area contributed by atoms with Crippen molar-refractivity contribution in [2.24, 2.45) is 0 Å². The lowest BCUT2D eigenvalue weighted by atomic mass is 10.00. The van der Waals surface area contributed by atoms with Crippen molar-refractivity contribution < 1.29 is 0 Å². The Labute approximate surface area is 99.2 Å². The van der Waals surface area contributed by atoms with Crippen LogP contribution in [0.25, 0.3) is 0 Å². The summed E-state index contributed by atoms with van der Waals surface area (Å²) < 4.78 is 0. The van der Waals surface area contributed by atoms with E-state index in [1.54, 1.807) is 17.7 Å². The molecule has 0 saturated carbocycles. The van der Waals surface area contributed by atoms with Gasteiger partial charge in [-0.2, -0.15) is 0 Å². The molecule has 0 saturated heterocycles. The number of aromatic nitrogens is 3. The Morgan fingerprint density at radius 2 is 2.44 bits per heavy atom. The van der Waals surface area contributed by atoms with Crippen LogP contribution in [0.1, 0.15) is 31.0 Å². The summed E-state index contributed by atoms with van der Waals surface area (Å²) in [7, 11) is 0. The molecule has 2 heterocycles. The zero-order valence-electron chi connectivity index (χ0n) is 9.53. The molecule has 2 N–H and O–H groups in total. The number of hydrogen-bond donors (Lipinski definition) is 2. The first-order valence-corrected chi connectivity index (χ1v) is 6.25. The number of hydrogen-bond acceptors (Lipinski definition) is 4. The molecule has 0 aliphatic heterocycles. The number of aromatic amines is 1. The second-order valence-electron chi connectivity index (χ2n) is 3.95. The summed E-state index contributed by atoms with van der Waals surface area (Å²) in [5, 5.41) is 6.68. The number of H-pyrrole nitrogens is 1. The molecule has 86 valence electrons. The summed E-state index contributed by atoms with van der Waals surface area (Å²) in [4.78, 5) is 11.5. The van der Waals surface area contributed by atoms with Crippen molar-refractivity contribution in [2.75, 3.05) is 0 Å². The summed E-state index contributed by atoms with van der Waals surface area (Å²) >= 11 is 1.69. The lowest BCUT2D eigenvalue weighted by Gasteiger charge is -2.27. The highest BCUT2D eigenvalue weighted by Gasteiger charge is 2.26. The highest BCUT2D eigenvalue weighted by atomic mass is 32.1. The highest BCUT2D eigenvalue weighted by Crippen LogP contribution is 2.26. The van der Waals surface area contributed by atoms with Crippen LogP contribution in [0, 0.1) is 0 Å². The van der Waals surface area contributed by atoms with Crippen molar-refractivity contribution in [1.29, 1.82) is 0 Å². The van der Waals surface area contributed by atoms with Crippen molar-refractivity contribution in [3.63, 3.8) is 0 Å². The van der Waals surface area contributed by atoms with E-state index in [1.165, 1.54) is 0 Å². The maximum atomic E-state index is 4.39. The average molecular weight is 236 g/mol. The third-order valence-electron chi connectivity index (χ3n) is 2.84. The summed E-state index contributed by atoms with van der Waals surface area (Å²) in [6, 6.07) is 0. The second kappa shape index (κ2) is 4.76. The van der Waals surface area contributed by atoms with E-state index in [-0.39, 0.29) is 5.54 Å². The molecular weight excluding hydrogens is 220 g/mol. The molecule has 1 atom stereocenters. The third kappa shape index (κ3) is 2.31. The fraction of sp³-hybridized carbons (Fsp3) is 0.455. The topological polar surface area (TPSA) is 53.6 Å². The molecule has 2 rings (SSSR count). The predicted octanol–water partition coefficient (Wildman–Crippen LogP) is 2.28. The Morgan fingerprint density at radius 1 is 1.56 bits per heavy atom. The zero-order chi connectivity index (χ0) is 11.4. The van der Waals surface area contributed by atoms with E-state index in [1.807, 2.05) is 17.8 Å². The fourth-order valence-corrected chi connectivity index (χ4v) is 2.37. The second-order valence-corrected chi connectivity index (χ2v) is 4.85. The molecule has 0 bridgehead atoms. The smallest absolute Gasteiger partial charge is 0.112 e. The van der Waals surface area contributed by atoms with Gasteiger partial charge in [0.25, 0.3) is 0 Å². The van der Waals surface area contributed by atoms with Gasteiger partial charge in [0, 0.05) is 30.0 Å². The van der Waals surface area contributed by atoms with Crippen molar-refractivity contribution >= 4 is 11.3 Å². The van der Waals surface area contributed by atoms with Gasteiger partial charge >= 0.3 is 0 Å². The van der Waals surface area contributed by atoms with Gasteiger partial charge in [-0.1, -0.05) is 6.92 Å². The van der Waals surface area contributed by atoms with E-state index >= 15 is 0 Å². The summed E-state index contributed by atoms with van der Waals surface area (Å²) in [5.74, 6) is 0. The Morgan fingerprint density at radius 3 is 3.00 bits per heavy atom. The fourth-order valence-electron chi connectivity index (χ4n) is 1.52. The van der Waals surface area contributed by atoms with Gasteiger partial charge in [0.05, 0.1) is 11.9 Å². The lowest BCUT2D eigenvalue weighted by Crippen LogP contribution is -2.38. The van der Waals surface area contributed by atoms with E-state index in [2.05, 4.69) is 34.1 Å². The number of thiazole rings is 1. The predicted molar refractivity (Wildman–Crippen MR) is 65.2 cm³/mol. The molecule has 0 aliphatic carbocycles. The number of nitrogens with zero attached hydrogens (tertiary/aromatic N) is 2. The van der Waals surface area contributed by atoms with E-state index in [4.69, 9.17) is 0 Å². The van der Waals surface area contributed by atoms with E-state index < -0.39 is 0 Å². The number of rotatable bonds is 5. The van der Waals surface area contributed by atoms with Gasteiger partial charge in [0.15, 0.2) is 0 Å². The van der Waals surface area contributed by atoms with Crippen molar-refractivity contribution in [3.8, 4) is 0 Å². The minimum Gasteiger partial charge on any atom is -0.347 e. The van der Waals surface area contributed by atoms with E-state index in [9.17, 15) is 0 Å². The SMILES string of the molecule is CCC(C)(NCc1cnc[nH]1)c1nccs1. The number of nitrogens with one attached hydrogen (secondary N) is 2. The lowest BCUT2D eigenvalue weighted by molar-refractivity contribution is 0.348. The Hall–Kier alpha value is -1.20. The molecule has 5 heteroatoms. The van der Waals surface area contributed by atoms with Crippen molar-refractivity contribution in [2.45, 2.75) is 32.4 Å². The van der Waals surface area contributed by atoms with E-state index in [0.29, 0.717) is 0 Å².